The summed E-state index contributed by atoms with van der Waals surface area (Å²) < 4.78 is 1.16. The van der Waals surface area contributed by atoms with Crippen LogP contribution in [0.1, 0.15) is 10.4 Å². The molecule has 0 unspecified atom stereocenters. The number of halogens is 1. The first kappa shape index (κ1) is 10.0. The molecule has 0 atom stereocenters. The monoisotopic (exact) mass is 242 g/mol. The van der Waals surface area contributed by atoms with Gasteiger partial charge in [-0.2, -0.15) is 0 Å². The Bertz CT molecular complexity index is 490. The lowest BCUT2D eigenvalue weighted by Gasteiger charge is -1.99. The van der Waals surface area contributed by atoms with Crippen LogP contribution < -0.4 is 0 Å². The van der Waals surface area contributed by atoms with Gasteiger partial charge in [-0.05, 0) is 23.1 Å². The van der Waals surface area contributed by atoms with Crippen molar-refractivity contribution in [3.63, 3.8) is 0 Å². The minimum atomic E-state index is 0.563. The van der Waals surface area contributed by atoms with Crippen molar-refractivity contribution in [3.8, 4) is 0 Å². The van der Waals surface area contributed by atoms with Crippen molar-refractivity contribution in [2.75, 3.05) is 6.26 Å². The molecule has 2 rings (SSSR count). The average Bonchev–Trinajstić information content (AvgIpc) is 2.62. The molecule has 0 saturated carbocycles. The van der Waals surface area contributed by atoms with Crippen LogP contribution in [0.4, 0.5) is 0 Å². The van der Waals surface area contributed by atoms with Gasteiger partial charge in [-0.15, -0.1) is 23.1 Å². The number of fused-ring (bicyclic) bond motifs is 1. The van der Waals surface area contributed by atoms with Crippen LogP contribution >= 0.6 is 34.7 Å². The fourth-order valence-corrected chi connectivity index (χ4v) is 3.47. The summed E-state index contributed by atoms with van der Waals surface area (Å²) in [6, 6.07) is 3.69. The van der Waals surface area contributed by atoms with Gasteiger partial charge in [-0.3, -0.25) is 4.79 Å². The Hall–Kier alpha value is -0.510. The van der Waals surface area contributed by atoms with Gasteiger partial charge in [-0.1, -0.05) is 17.7 Å². The van der Waals surface area contributed by atoms with Crippen molar-refractivity contribution in [2.45, 2.75) is 4.21 Å². The highest BCUT2D eigenvalue weighted by Gasteiger charge is 2.10. The number of aldehydes is 1. The van der Waals surface area contributed by atoms with E-state index in [9.17, 15) is 4.79 Å². The van der Waals surface area contributed by atoms with Gasteiger partial charge in [-0.25, -0.2) is 0 Å². The standard InChI is InChI=1S/C10H7ClOS2/c1-13-10-8-7(5-14-10)3-2-6(4-12)9(8)11/h2-5H,1H3. The maximum atomic E-state index is 10.7. The lowest BCUT2D eigenvalue weighted by atomic mass is 10.1. The molecule has 0 spiro atoms. The van der Waals surface area contributed by atoms with Gasteiger partial charge in [0.25, 0.3) is 0 Å². The zero-order chi connectivity index (χ0) is 10.1. The van der Waals surface area contributed by atoms with E-state index in [4.69, 9.17) is 11.6 Å². The van der Waals surface area contributed by atoms with Gasteiger partial charge < -0.3 is 0 Å². The van der Waals surface area contributed by atoms with E-state index in [1.54, 1.807) is 29.2 Å². The highest BCUT2D eigenvalue weighted by molar-refractivity contribution is 8.00. The van der Waals surface area contributed by atoms with Crippen molar-refractivity contribution in [3.05, 3.63) is 28.1 Å². The highest BCUT2D eigenvalue weighted by Crippen LogP contribution is 2.38. The quantitative estimate of drug-likeness (QED) is 0.583. The molecular weight excluding hydrogens is 236 g/mol. The first-order chi connectivity index (χ1) is 6.77. The molecule has 0 aliphatic heterocycles. The second kappa shape index (κ2) is 3.93. The number of hydrogen-bond acceptors (Lipinski definition) is 3. The Labute approximate surface area is 95.1 Å². The molecule has 0 aliphatic carbocycles. The molecule has 1 aromatic heterocycles. The van der Waals surface area contributed by atoms with E-state index in [-0.39, 0.29) is 0 Å². The van der Waals surface area contributed by atoms with Gasteiger partial charge in [0, 0.05) is 10.9 Å². The van der Waals surface area contributed by atoms with Crippen molar-refractivity contribution >= 4 is 51.8 Å². The summed E-state index contributed by atoms with van der Waals surface area (Å²) >= 11 is 9.44. The third-order valence-electron chi connectivity index (χ3n) is 2.01. The van der Waals surface area contributed by atoms with E-state index in [0.29, 0.717) is 10.6 Å². The second-order valence-electron chi connectivity index (χ2n) is 2.78. The van der Waals surface area contributed by atoms with Crippen molar-refractivity contribution in [1.29, 1.82) is 0 Å². The van der Waals surface area contributed by atoms with Crippen LogP contribution in [-0.2, 0) is 0 Å². The van der Waals surface area contributed by atoms with E-state index in [0.717, 1.165) is 21.3 Å². The maximum absolute atomic E-state index is 10.7. The zero-order valence-corrected chi connectivity index (χ0v) is 9.80. The van der Waals surface area contributed by atoms with Crippen LogP contribution in [0.5, 0.6) is 0 Å². The smallest absolute Gasteiger partial charge is 0.151 e. The van der Waals surface area contributed by atoms with Gasteiger partial charge >= 0.3 is 0 Å². The molecule has 0 bridgehead atoms. The molecule has 2 aromatic rings. The topological polar surface area (TPSA) is 17.1 Å². The van der Waals surface area contributed by atoms with Gasteiger partial charge in [0.1, 0.15) is 0 Å². The Morgan fingerprint density at radius 2 is 2.29 bits per heavy atom. The van der Waals surface area contributed by atoms with Crippen LogP contribution in [0.3, 0.4) is 0 Å². The molecule has 1 heterocycles. The molecule has 0 N–H and O–H groups in total. The third kappa shape index (κ3) is 1.45. The minimum Gasteiger partial charge on any atom is -0.298 e. The third-order valence-corrected chi connectivity index (χ3v) is 4.57. The SMILES string of the molecule is CSc1scc2ccc(C=O)c(Cl)c12. The molecule has 0 radical (unpaired) electrons. The van der Waals surface area contributed by atoms with Crippen LogP contribution in [0, 0.1) is 0 Å². The number of rotatable bonds is 2. The molecular formula is C10H7ClOS2. The molecule has 14 heavy (non-hydrogen) atoms. The molecule has 0 amide bonds. The van der Waals surface area contributed by atoms with Crippen LogP contribution in [0.15, 0.2) is 21.7 Å². The Kier molecular flexibility index (Phi) is 2.81. The maximum Gasteiger partial charge on any atom is 0.151 e. The molecule has 1 aromatic carbocycles. The molecule has 4 heteroatoms. The molecule has 0 aliphatic rings. The Balaban J connectivity index is 2.83. The fraction of sp³-hybridized carbons (Fsp3) is 0.100. The predicted molar refractivity (Wildman–Crippen MR) is 64.0 cm³/mol. The highest BCUT2D eigenvalue weighted by atomic mass is 35.5. The lowest BCUT2D eigenvalue weighted by Crippen LogP contribution is -1.81. The van der Waals surface area contributed by atoms with Gasteiger partial charge in [0.05, 0.1) is 9.23 Å². The normalized spacial score (nSPS) is 10.7. The van der Waals surface area contributed by atoms with E-state index in [2.05, 4.69) is 5.38 Å². The van der Waals surface area contributed by atoms with E-state index in [1.807, 2.05) is 12.3 Å². The predicted octanol–water partition coefficient (Wildman–Crippen LogP) is 4.09. The van der Waals surface area contributed by atoms with E-state index >= 15 is 0 Å². The summed E-state index contributed by atoms with van der Waals surface area (Å²) in [6.45, 7) is 0. The van der Waals surface area contributed by atoms with Crippen LogP contribution in [0.2, 0.25) is 5.02 Å². The Morgan fingerprint density at radius 1 is 1.50 bits per heavy atom. The summed E-state index contributed by atoms with van der Waals surface area (Å²) in [4.78, 5) is 10.7. The van der Waals surface area contributed by atoms with E-state index < -0.39 is 0 Å². The van der Waals surface area contributed by atoms with Crippen LogP contribution in [-0.4, -0.2) is 12.5 Å². The first-order valence-electron chi connectivity index (χ1n) is 3.96. The second-order valence-corrected chi connectivity index (χ2v) is 5.11. The number of hydrogen-bond donors (Lipinski definition) is 0. The number of thiophene rings is 1. The molecule has 0 fully saturated rings. The first-order valence-corrected chi connectivity index (χ1v) is 6.45. The summed E-state index contributed by atoms with van der Waals surface area (Å²) in [6.07, 6.45) is 2.80. The molecule has 72 valence electrons. The number of carbonyl (C=O) groups excluding carboxylic acids is 1. The average molecular weight is 243 g/mol. The van der Waals surface area contributed by atoms with Gasteiger partial charge in [0.15, 0.2) is 6.29 Å². The summed E-state index contributed by atoms with van der Waals surface area (Å²) in [5, 5.41) is 4.74. The van der Waals surface area contributed by atoms with E-state index in [1.165, 1.54) is 0 Å². The van der Waals surface area contributed by atoms with Crippen molar-refractivity contribution in [2.24, 2.45) is 0 Å². The zero-order valence-electron chi connectivity index (χ0n) is 7.41. The summed E-state index contributed by atoms with van der Waals surface area (Å²) in [5.41, 5.74) is 0.563. The van der Waals surface area contributed by atoms with Crippen molar-refractivity contribution < 1.29 is 4.79 Å². The summed E-state index contributed by atoms with van der Waals surface area (Å²) in [5.74, 6) is 0. The van der Waals surface area contributed by atoms with Gasteiger partial charge in [0.2, 0.25) is 0 Å². The summed E-state index contributed by atoms with van der Waals surface area (Å²) in [7, 11) is 0. The van der Waals surface area contributed by atoms with Crippen molar-refractivity contribution in [1.82, 2.24) is 0 Å². The Morgan fingerprint density at radius 3 is 2.93 bits per heavy atom. The number of carbonyl (C=O) groups is 1. The lowest BCUT2D eigenvalue weighted by molar-refractivity contribution is 0.112. The van der Waals surface area contributed by atoms with Crippen LogP contribution in [0.25, 0.3) is 10.8 Å². The number of thioether (sulfide) groups is 1. The fourth-order valence-electron chi connectivity index (χ4n) is 1.33. The molecule has 0 saturated heterocycles. The number of benzene rings is 1. The minimum absolute atomic E-state index is 0.563. The molecule has 1 nitrogen and oxygen atoms in total. The largest absolute Gasteiger partial charge is 0.298 e.